The minimum absolute atomic E-state index is 0.0644. The number of benzene rings is 2. The highest BCUT2D eigenvalue weighted by molar-refractivity contribution is 7.92. The first-order valence-corrected chi connectivity index (χ1v) is 12.2. The van der Waals surface area contributed by atoms with Gasteiger partial charge in [-0.05, 0) is 50.8 Å². The molecule has 0 fully saturated rings. The maximum Gasteiger partial charge on any atom is 0.232 e. The normalized spacial score (nSPS) is 11.2. The summed E-state index contributed by atoms with van der Waals surface area (Å²) in [4.78, 5) is 12.1. The molecule has 6 nitrogen and oxygen atoms in total. The van der Waals surface area contributed by atoms with Crippen molar-refractivity contribution in [1.82, 2.24) is 5.32 Å². The molecule has 2 aromatic carbocycles. The lowest BCUT2D eigenvalue weighted by Gasteiger charge is -2.24. The minimum atomic E-state index is -3.49. The summed E-state index contributed by atoms with van der Waals surface area (Å²) in [7, 11) is -3.49. The average molecular weight is 433 g/mol. The molecule has 0 aromatic heterocycles. The van der Waals surface area contributed by atoms with Crippen LogP contribution in [0.1, 0.15) is 37.3 Å². The third kappa shape index (κ3) is 7.71. The van der Waals surface area contributed by atoms with Gasteiger partial charge in [0.05, 0.1) is 18.6 Å². The van der Waals surface area contributed by atoms with E-state index in [1.54, 1.807) is 24.3 Å². The first-order valence-electron chi connectivity index (χ1n) is 10.3. The fourth-order valence-corrected chi connectivity index (χ4v) is 4.12. The molecule has 0 saturated carbocycles. The van der Waals surface area contributed by atoms with Crippen LogP contribution in [-0.4, -0.2) is 40.3 Å². The number of hydrogen-bond donors (Lipinski definition) is 1. The number of hydrogen-bond acceptors (Lipinski definition) is 4. The van der Waals surface area contributed by atoms with Crippen LogP contribution >= 0.6 is 0 Å². The Labute approximate surface area is 180 Å². The number of rotatable bonds is 12. The summed E-state index contributed by atoms with van der Waals surface area (Å²) in [6.45, 7) is 5.18. The first-order chi connectivity index (χ1) is 14.3. The molecule has 0 radical (unpaired) electrons. The number of carbonyl (C=O) groups excluding carboxylic acids is 1. The van der Waals surface area contributed by atoms with Crippen LogP contribution in [0.3, 0.4) is 0 Å². The molecular weight excluding hydrogens is 400 g/mol. The largest absolute Gasteiger partial charge is 0.492 e. The van der Waals surface area contributed by atoms with Crippen molar-refractivity contribution in [2.75, 3.05) is 30.3 Å². The van der Waals surface area contributed by atoms with Gasteiger partial charge in [-0.1, -0.05) is 42.0 Å². The Morgan fingerprint density at radius 1 is 1.07 bits per heavy atom. The predicted molar refractivity (Wildman–Crippen MR) is 122 cm³/mol. The Balaban J connectivity index is 1.81. The van der Waals surface area contributed by atoms with Gasteiger partial charge in [-0.3, -0.25) is 9.10 Å². The van der Waals surface area contributed by atoms with Crippen molar-refractivity contribution >= 4 is 21.6 Å². The Morgan fingerprint density at radius 3 is 2.43 bits per heavy atom. The van der Waals surface area contributed by atoms with Crippen molar-refractivity contribution in [1.29, 1.82) is 0 Å². The third-order valence-corrected chi connectivity index (χ3v) is 5.86. The van der Waals surface area contributed by atoms with E-state index in [0.717, 1.165) is 12.8 Å². The summed E-state index contributed by atoms with van der Waals surface area (Å²) in [5, 5.41) is 2.92. The highest BCUT2D eigenvalue weighted by atomic mass is 32.2. The number of amides is 1. The maximum absolute atomic E-state index is 12.3. The van der Waals surface area contributed by atoms with E-state index in [9.17, 15) is 13.2 Å². The molecule has 0 unspecified atom stereocenters. The molecule has 2 aromatic rings. The molecule has 7 heteroatoms. The van der Waals surface area contributed by atoms with E-state index in [0.29, 0.717) is 31.0 Å². The number of nitrogens with one attached hydrogen (secondary N) is 1. The number of anilines is 1. The smallest absolute Gasteiger partial charge is 0.232 e. The van der Waals surface area contributed by atoms with Crippen LogP contribution in [0, 0.1) is 6.92 Å². The highest BCUT2D eigenvalue weighted by Crippen LogP contribution is 2.30. The minimum Gasteiger partial charge on any atom is -0.492 e. The highest BCUT2D eigenvalue weighted by Gasteiger charge is 2.21. The summed E-state index contributed by atoms with van der Waals surface area (Å²) >= 11 is 0. The number of para-hydroxylation sites is 2. The lowest BCUT2D eigenvalue weighted by atomic mass is 10.1. The summed E-state index contributed by atoms with van der Waals surface area (Å²) in [6.07, 6.45) is 3.65. The summed E-state index contributed by atoms with van der Waals surface area (Å²) < 4.78 is 31.5. The summed E-state index contributed by atoms with van der Waals surface area (Å²) in [6, 6.07) is 15.4. The summed E-state index contributed by atoms with van der Waals surface area (Å²) in [5.41, 5.74) is 2.99. The second kappa shape index (κ2) is 11.6. The average Bonchev–Trinajstić information content (AvgIpc) is 2.70. The van der Waals surface area contributed by atoms with E-state index in [4.69, 9.17) is 4.74 Å². The molecule has 0 bridgehead atoms. The molecule has 0 heterocycles. The molecule has 0 aliphatic carbocycles. The predicted octanol–water partition coefficient (Wildman–Crippen LogP) is 3.69. The quantitative estimate of drug-likeness (QED) is 0.519. The molecule has 0 aliphatic heterocycles. The van der Waals surface area contributed by atoms with Crippen LogP contribution in [0.2, 0.25) is 0 Å². The second-order valence-electron chi connectivity index (χ2n) is 7.28. The maximum atomic E-state index is 12.3. The van der Waals surface area contributed by atoms with Crippen molar-refractivity contribution < 1.29 is 17.9 Å². The molecule has 0 saturated heterocycles. The Morgan fingerprint density at radius 2 is 1.77 bits per heavy atom. The molecule has 1 N–H and O–H groups in total. The van der Waals surface area contributed by atoms with E-state index in [2.05, 4.69) is 36.5 Å². The van der Waals surface area contributed by atoms with Crippen LogP contribution in [0.5, 0.6) is 5.75 Å². The van der Waals surface area contributed by atoms with Crippen molar-refractivity contribution in [3.63, 3.8) is 0 Å². The zero-order chi connectivity index (χ0) is 22.0. The lowest BCUT2D eigenvalue weighted by Crippen LogP contribution is -2.32. The monoisotopic (exact) mass is 432 g/mol. The van der Waals surface area contributed by atoms with Gasteiger partial charge in [0, 0.05) is 19.5 Å². The van der Waals surface area contributed by atoms with Crippen LogP contribution in [0.4, 0.5) is 5.69 Å². The number of carbonyl (C=O) groups is 1. The second-order valence-corrected chi connectivity index (χ2v) is 9.19. The number of ether oxygens (including phenoxy) is 1. The van der Waals surface area contributed by atoms with E-state index < -0.39 is 10.0 Å². The van der Waals surface area contributed by atoms with Crippen LogP contribution in [-0.2, 0) is 21.2 Å². The van der Waals surface area contributed by atoms with Gasteiger partial charge in [0.2, 0.25) is 15.9 Å². The molecule has 0 atom stereocenters. The van der Waals surface area contributed by atoms with Gasteiger partial charge >= 0.3 is 0 Å². The van der Waals surface area contributed by atoms with Gasteiger partial charge in [0.1, 0.15) is 5.75 Å². The lowest BCUT2D eigenvalue weighted by molar-refractivity contribution is -0.121. The van der Waals surface area contributed by atoms with Crippen LogP contribution in [0.25, 0.3) is 0 Å². The van der Waals surface area contributed by atoms with Gasteiger partial charge < -0.3 is 10.1 Å². The van der Waals surface area contributed by atoms with Gasteiger partial charge in [-0.2, -0.15) is 0 Å². The van der Waals surface area contributed by atoms with Gasteiger partial charge in [0.15, 0.2) is 0 Å². The van der Waals surface area contributed by atoms with Crippen LogP contribution < -0.4 is 14.4 Å². The fourth-order valence-electron chi connectivity index (χ4n) is 3.15. The van der Waals surface area contributed by atoms with Crippen LogP contribution in [0.15, 0.2) is 48.5 Å². The van der Waals surface area contributed by atoms with Crippen molar-refractivity contribution in [2.45, 2.75) is 39.5 Å². The van der Waals surface area contributed by atoms with Crippen molar-refractivity contribution in [2.24, 2.45) is 0 Å². The molecule has 1 amide bonds. The number of sulfonamides is 1. The van der Waals surface area contributed by atoms with E-state index in [1.807, 2.05) is 6.92 Å². The van der Waals surface area contributed by atoms with Gasteiger partial charge in [-0.15, -0.1) is 0 Å². The number of nitrogens with zero attached hydrogens (tertiary/aromatic N) is 1. The molecule has 164 valence electrons. The Kier molecular flexibility index (Phi) is 9.17. The molecule has 0 aliphatic rings. The molecule has 2 rings (SSSR count). The zero-order valence-corrected chi connectivity index (χ0v) is 18.9. The van der Waals surface area contributed by atoms with Crippen molar-refractivity contribution in [3.05, 3.63) is 59.7 Å². The van der Waals surface area contributed by atoms with Gasteiger partial charge in [-0.25, -0.2) is 8.42 Å². The molecule has 30 heavy (non-hydrogen) atoms. The molecule has 0 spiro atoms. The van der Waals surface area contributed by atoms with Crippen molar-refractivity contribution in [3.8, 4) is 5.75 Å². The Bertz CT molecular complexity index is 911. The van der Waals surface area contributed by atoms with E-state index >= 15 is 0 Å². The van der Waals surface area contributed by atoms with E-state index in [-0.39, 0.29) is 18.9 Å². The fraction of sp³-hybridized carbons (Fsp3) is 0.435. The first kappa shape index (κ1) is 23.7. The zero-order valence-electron chi connectivity index (χ0n) is 18.1. The van der Waals surface area contributed by atoms with Gasteiger partial charge in [0.25, 0.3) is 0 Å². The SMILES string of the molecule is CCOc1ccccc1N(CCCC(=O)NCCCc1ccc(C)cc1)S(C)(=O)=O. The summed E-state index contributed by atoms with van der Waals surface area (Å²) in [5.74, 6) is 0.455. The number of aryl methyl sites for hydroxylation is 2. The Hall–Kier alpha value is -2.54. The standard InChI is InChI=1S/C23H32N2O4S/c1-4-29-22-11-6-5-10-21(22)25(30(3,27)28)18-8-12-23(26)24-17-7-9-20-15-13-19(2)14-16-20/h5-6,10-11,13-16H,4,7-9,12,17-18H2,1-3H3,(H,24,26). The molecular formula is C23H32N2O4S. The third-order valence-electron chi connectivity index (χ3n) is 4.68. The van der Waals surface area contributed by atoms with E-state index in [1.165, 1.54) is 21.7 Å². The topological polar surface area (TPSA) is 75.7 Å².